The minimum atomic E-state index is -0.170. The van der Waals surface area contributed by atoms with Crippen LogP contribution in [-0.2, 0) is 6.54 Å². The Balaban J connectivity index is 1.85. The lowest BCUT2D eigenvalue weighted by molar-refractivity contribution is 0.232. The van der Waals surface area contributed by atoms with Gasteiger partial charge in [0.05, 0.1) is 12.6 Å². The largest absolute Gasteiger partial charge is 0.336 e. The third-order valence-corrected chi connectivity index (χ3v) is 4.57. The highest BCUT2D eigenvalue weighted by molar-refractivity contribution is 7.09. The van der Waals surface area contributed by atoms with Gasteiger partial charge >= 0.3 is 6.03 Å². The van der Waals surface area contributed by atoms with Crippen LogP contribution < -0.4 is 10.6 Å². The van der Waals surface area contributed by atoms with E-state index in [1.807, 2.05) is 26.4 Å². The third kappa shape index (κ3) is 5.33. The molecular formula is C17H24N4OS. The first-order chi connectivity index (χ1) is 11.0. The predicted octanol–water partition coefficient (Wildman–Crippen LogP) is 2.86. The SMILES string of the molecule is Cc1ccc([C@@H](CNC(=O)NCc2nc(C)cs2)N(C)C)cc1. The lowest BCUT2D eigenvalue weighted by Crippen LogP contribution is -2.40. The Labute approximate surface area is 141 Å². The van der Waals surface area contributed by atoms with Gasteiger partial charge in [0.15, 0.2) is 0 Å². The summed E-state index contributed by atoms with van der Waals surface area (Å²) in [5, 5.41) is 8.68. The van der Waals surface area contributed by atoms with Crippen molar-refractivity contribution in [2.75, 3.05) is 20.6 Å². The van der Waals surface area contributed by atoms with Crippen molar-refractivity contribution in [1.29, 1.82) is 0 Å². The van der Waals surface area contributed by atoms with Crippen LogP contribution in [0.2, 0.25) is 0 Å². The van der Waals surface area contributed by atoms with Crippen molar-refractivity contribution in [3.8, 4) is 0 Å². The number of rotatable bonds is 6. The van der Waals surface area contributed by atoms with Gasteiger partial charge in [-0.05, 0) is 33.5 Å². The molecule has 2 aromatic rings. The average molecular weight is 332 g/mol. The maximum atomic E-state index is 12.0. The van der Waals surface area contributed by atoms with Crippen LogP contribution >= 0.6 is 11.3 Å². The Kier molecular flexibility index (Phi) is 6.12. The van der Waals surface area contributed by atoms with Crippen LogP contribution in [0.1, 0.15) is 27.9 Å². The Morgan fingerprint density at radius 1 is 1.22 bits per heavy atom. The van der Waals surface area contributed by atoms with E-state index < -0.39 is 0 Å². The molecule has 1 atom stereocenters. The van der Waals surface area contributed by atoms with Crippen LogP contribution in [0.3, 0.4) is 0 Å². The number of hydrogen-bond donors (Lipinski definition) is 2. The highest BCUT2D eigenvalue weighted by Crippen LogP contribution is 2.17. The molecule has 124 valence electrons. The molecule has 1 heterocycles. The van der Waals surface area contributed by atoms with Crippen molar-refractivity contribution in [3.63, 3.8) is 0 Å². The van der Waals surface area contributed by atoms with Gasteiger partial charge in [0.1, 0.15) is 5.01 Å². The summed E-state index contributed by atoms with van der Waals surface area (Å²) in [6, 6.07) is 8.38. The number of thiazole rings is 1. The maximum absolute atomic E-state index is 12.0. The number of likely N-dealkylation sites (N-methyl/N-ethyl adjacent to an activating group) is 1. The summed E-state index contributed by atoms with van der Waals surface area (Å²) in [6.45, 7) is 5.03. The van der Waals surface area contributed by atoms with E-state index in [1.54, 1.807) is 11.3 Å². The summed E-state index contributed by atoms with van der Waals surface area (Å²) in [7, 11) is 4.03. The Morgan fingerprint density at radius 2 is 1.91 bits per heavy atom. The number of amides is 2. The fourth-order valence-electron chi connectivity index (χ4n) is 2.28. The number of hydrogen-bond acceptors (Lipinski definition) is 4. The van der Waals surface area contributed by atoms with E-state index in [-0.39, 0.29) is 12.1 Å². The number of benzene rings is 1. The minimum Gasteiger partial charge on any atom is -0.336 e. The molecule has 0 saturated heterocycles. The standard InChI is InChI=1S/C17H24N4OS/c1-12-5-7-14(8-6-12)15(21(3)4)9-18-17(22)19-10-16-20-13(2)11-23-16/h5-8,11,15H,9-10H2,1-4H3,(H2,18,19,22)/t15-/m1/s1. The molecule has 1 aromatic carbocycles. The molecule has 0 radical (unpaired) electrons. The Morgan fingerprint density at radius 3 is 2.48 bits per heavy atom. The van der Waals surface area contributed by atoms with Gasteiger partial charge in [0.2, 0.25) is 0 Å². The van der Waals surface area contributed by atoms with Gasteiger partial charge in [-0.25, -0.2) is 9.78 Å². The van der Waals surface area contributed by atoms with Crippen LogP contribution in [0.4, 0.5) is 4.79 Å². The van der Waals surface area contributed by atoms with E-state index in [9.17, 15) is 4.79 Å². The first-order valence-electron chi connectivity index (χ1n) is 7.61. The smallest absolute Gasteiger partial charge is 0.315 e. The average Bonchev–Trinajstić information content (AvgIpc) is 2.92. The molecule has 0 aliphatic carbocycles. The van der Waals surface area contributed by atoms with Crippen LogP contribution in [0.15, 0.2) is 29.6 Å². The van der Waals surface area contributed by atoms with Crippen molar-refractivity contribution in [3.05, 3.63) is 51.5 Å². The number of carbonyl (C=O) groups excluding carboxylic acids is 1. The summed E-state index contributed by atoms with van der Waals surface area (Å²) in [5.74, 6) is 0. The quantitative estimate of drug-likeness (QED) is 0.855. The second-order valence-electron chi connectivity index (χ2n) is 5.84. The fourth-order valence-corrected chi connectivity index (χ4v) is 2.99. The summed E-state index contributed by atoms with van der Waals surface area (Å²) in [4.78, 5) is 18.4. The number of nitrogens with one attached hydrogen (secondary N) is 2. The lowest BCUT2D eigenvalue weighted by atomic mass is 10.0. The van der Waals surface area contributed by atoms with Crippen molar-refractivity contribution in [2.24, 2.45) is 0 Å². The zero-order valence-electron chi connectivity index (χ0n) is 14.1. The molecule has 0 aliphatic rings. The van der Waals surface area contributed by atoms with Crippen LogP contribution in [0.25, 0.3) is 0 Å². The van der Waals surface area contributed by atoms with Crippen molar-refractivity contribution in [2.45, 2.75) is 26.4 Å². The van der Waals surface area contributed by atoms with Crippen LogP contribution in [0.5, 0.6) is 0 Å². The van der Waals surface area contributed by atoms with Crippen molar-refractivity contribution < 1.29 is 4.79 Å². The summed E-state index contributed by atoms with van der Waals surface area (Å²) in [6.07, 6.45) is 0. The summed E-state index contributed by atoms with van der Waals surface area (Å²) in [5.41, 5.74) is 3.41. The predicted molar refractivity (Wildman–Crippen MR) is 94.7 cm³/mol. The van der Waals surface area contributed by atoms with Gasteiger partial charge in [-0.1, -0.05) is 29.8 Å². The molecule has 2 N–H and O–H groups in total. The van der Waals surface area contributed by atoms with Gasteiger partial charge in [0.25, 0.3) is 0 Å². The first-order valence-corrected chi connectivity index (χ1v) is 8.49. The zero-order valence-corrected chi connectivity index (χ0v) is 14.9. The number of carbonyl (C=O) groups is 1. The Hall–Kier alpha value is -1.92. The number of aromatic nitrogens is 1. The normalized spacial score (nSPS) is 12.2. The van der Waals surface area contributed by atoms with Crippen molar-refractivity contribution >= 4 is 17.4 Å². The zero-order chi connectivity index (χ0) is 16.8. The van der Waals surface area contributed by atoms with Gasteiger partial charge in [-0.2, -0.15) is 0 Å². The summed E-state index contributed by atoms with van der Waals surface area (Å²) >= 11 is 1.56. The molecule has 5 nitrogen and oxygen atoms in total. The van der Waals surface area contributed by atoms with Crippen LogP contribution in [-0.4, -0.2) is 36.6 Å². The van der Waals surface area contributed by atoms with E-state index in [1.165, 1.54) is 11.1 Å². The van der Waals surface area contributed by atoms with Crippen LogP contribution in [0, 0.1) is 13.8 Å². The molecule has 1 aromatic heterocycles. The van der Waals surface area contributed by atoms with Gasteiger partial charge in [-0.3, -0.25) is 0 Å². The highest BCUT2D eigenvalue weighted by atomic mass is 32.1. The fraction of sp³-hybridized carbons (Fsp3) is 0.412. The molecule has 0 saturated carbocycles. The molecule has 0 unspecified atom stereocenters. The van der Waals surface area contributed by atoms with Gasteiger partial charge in [0, 0.05) is 17.6 Å². The molecule has 23 heavy (non-hydrogen) atoms. The molecule has 0 aliphatic heterocycles. The van der Waals surface area contributed by atoms with E-state index in [4.69, 9.17) is 0 Å². The maximum Gasteiger partial charge on any atom is 0.315 e. The number of nitrogens with zero attached hydrogens (tertiary/aromatic N) is 2. The van der Waals surface area contributed by atoms with E-state index in [0.29, 0.717) is 13.1 Å². The topological polar surface area (TPSA) is 57.3 Å². The number of aryl methyl sites for hydroxylation is 2. The highest BCUT2D eigenvalue weighted by Gasteiger charge is 2.15. The molecule has 2 rings (SSSR count). The second-order valence-corrected chi connectivity index (χ2v) is 6.78. The molecule has 2 amide bonds. The van der Waals surface area contributed by atoms with E-state index in [2.05, 4.69) is 51.7 Å². The lowest BCUT2D eigenvalue weighted by Gasteiger charge is -2.25. The van der Waals surface area contributed by atoms with Crippen molar-refractivity contribution in [1.82, 2.24) is 20.5 Å². The molecular weight excluding hydrogens is 308 g/mol. The monoisotopic (exact) mass is 332 g/mol. The van der Waals surface area contributed by atoms with Gasteiger partial charge in [-0.15, -0.1) is 11.3 Å². The molecule has 0 fully saturated rings. The van der Waals surface area contributed by atoms with E-state index in [0.717, 1.165) is 10.7 Å². The minimum absolute atomic E-state index is 0.142. The molecule has 6 heteroatoms. The number of urea groups is 1. The Bertz CT molecular complexity index is 636. The third-order valence-electron chi connectivity index (χ3n) is 3.61. The summed E-state index contributed by atoms with van der Waals surface area (Å²) < 4.78 is 0. The second kappa shape index (κ2) is 8.08. The van der Waals surface area contributed by atoms with E-state index >= 15 is 0 Å². The molecule has 0 spiro atoms. The first kappa shape index (κ1) is 17.4. The van der Waals surface area contributed by atoms with Gasteiger partial charge < -0.3 is 15.5 Å². The molecule has 0 bridgehead atoms.